The van der Waals surface area contributed by atoms with E-state index in [1.807, 2.05) is 12.1 Å². The van der Waals surface area contributed by atoms with Gasteiger partial charge in [0, 0.05) is 56.2 Å². The van der Waals surface area contributed by atoms with Gasteiger partial charge in [-0.25, -0.2) is 0 Å². The summed E-state index contributed by atoms with van der Waals surface area (Å²) in [4.78, 5) is 6.20. The molecule has 0 aliphatic carbocycles. The van der Waals surface area contributed by atoms with E-state index in [2.05, 4.69) is 61.5 Å². The van der Waals surface area contributed by atoms with Gasteiger partial charge in [-0.3, -0.25) is 9.58 Å². The van der Waals surface area contributed by atoms with Crippen LogP contribution in [-0.4, -0.2) is 47.4 Å². The van der Waals surface area contributed by atoms with Crippen LogP contribution in [0.5, 0.6) is 0 Å². The molecule has 0 bridgehead atoms. The largest absolute Gasteiger partial charge is 0.369 e. The first-order valence-corrected chi connectivity index (χ1v) is 10.3. The summed E-state index contributed by atoms with van der Waals surface area (Å²) in [6.45, 7) is 6.42. The number of hydrogen-bond acceptors (Lipinski definition) is 4. The van der Waals surface area contributed by atoms with E-state index in [9.17, 15) is 0 Å². The van der Waals surface area contributed by atoms with Crippen molar-refractivity contribution in [1.29, 1.82) is 0 Å². The average molecular weight is 387 g/mol. The van der Waals surface area contributed by atoms with Crippen LogP contribution in [-0.2, 0) is 6.54 Å². The Bertz CT molecular complexity index is 822. The Morgan fingerprint density at radius 3 is 2.65 bits per heavy atom. The van der Waals surface area contributed by atoms with Crippen LogP contribution in [0.25, 0.3) is 10.6 Å². The van der Waals surface area contributed by atoms with Gasteiger partial charge in [0.2, 0.25) is 0 Å². The lowest BCUT2D eigenvalue weighted by Crippen LogP contribution is -2.46. The molecule has 0 radical (unpaired) electrons. The van der Waals surface area contributed by atoms with Gasteiger partial charge in [0.1, 0.15) is 5.69 Å². The summed E-state index contributed by atoms with van der Waals surface area (Å²) in [7, 11) is 0. The van der Waals surface area contributed by atoms with Crippen LogP contribution >= 0.6 is 22.9 Å². The summed E-state index contributed by atoms with van der Waals surface area (Å²) in [5.41, 5.74) is 2.31. The maximum Gasteiger partial charge on any atom is 0.102 e. The SMILES string of the molecule is Clc1cccc(N2CCN(CCCn3ccc(-c4cccs4)n3)CC2)c1. The minimum absolute atomic E-state index is 0.811. The van der Waals surface area contributed by atoms with Crippen LogP contribution in [0.3, 0.4) is 0 Å². The summed E-state index contributed by atoms with van der Waals surface area (Å²) >= 11 is 7.85. The fourth-order valence-corrected chi connectivity index (χ4v) is 4.28. The van der Waals surface area contributed by atoms with Crippen molar-refractivity contribution in [2.45, 2.75) is 13.0 Å². The van der Waals surface area contributed by atoms with Crippen molar-refractivity contribution in [3.05, 3.63) is 59.1 Å². The molecule has 3 heterocycles. The van der Waals surface area contributed by atoms with Crippen molar-refractivity contribution in [2.75, 3.05) is 37.6 Å². The fraction of sp³-hybridized carbons (Fsp3) is 0.350. The number of halogens is 1. The van der Waals surface area contributed by atoms with Crippen LogP contribution in [0.4, 0.5) is 5.69 Å². The standard InChI is InChI=1S/C20H23ClN4S/c21-17-4-1-5-18(16-17)24-13-11-23(12-14-24)8-3-9-25-10-7-19(22-25)20-6-2-15-26-20/h1-2,4-7,10,15-16H,3,8-9,11-14H2. The minimum Gasteiger partial charge on any atom is -0.369 e. The molecular formula is C20H23ClN4S. The number of thiophene rings is 1. The van der Waals surface area contributed by atoms with Gasteiger partial charge in [-0.1, -0.05) is 23.7 Å². The zero-order chi connectivity index (χ0) is 17.8. The molecule has 1 aliphatic rings. The first kappa shape index (κ1) is 17.6. The molecule has 4 rings (SSSR count). The molecule has 0 unspecified atom stereocenters. The lowest BCUT2D eigenvalue weighted by Gasteiger charge is -2.36. The molecule has 0 amide bonds. The van der Waals surface area contributed by atoms with Gasteiger partial charge in [-0.15, -0.1) is 11.3 Å². The van der Waals surface area contributed by atoms with Gasteiger partial charge in [0.25, 0.3) is 0 Å². The first-order valence-electron chi connectivity index (χ1n) is 9.08. The number of benzene rings is 1. The van der Waals surface area contributed by atoms with E-state index >= 15 is 0 Å². The molecule has 1 fully saturated rings. The summed E-state index contributed by atoms with van der Waals surface area (Å²) in [5.74, 6) is 0. The van der Waals surface area contributed by atoms with Crippen molar-refractivity contribution in [3.8, 4) is 10.6 Å². The number of hydrogen-bond donors (Lipinski definition) is 0. The molecule has 1 aromatic carbocycles. The minimum atomic E-state index is 0.811. The average Bonchev–Trinajstić information content (AvgIpc) is 3.34. The van der Waals surface area contributed by atoms with Crippen molar-refractivity contribution in [3.63, 3.8) is 0 Å². The van der Waals surface area contributed by atoms with Gasteiger partial charge in [-0.2, -0.15) is 5.10 Å². The second kappa shape index (κ2) is 8.25. The molecule has 3 aromatic rings. The molecule has 0 spiro atoms. The Morgan fingerprint density at radius 2 is 1.88 bits per heavy atom. The van der Waals surface area contributed by atoms with Crippen molar-refractivity contribution in [2.24, 2.45) is 0 Å². The van der Waals surface area contributed by atoms with Crippen molar-refractivity contribution in [1.82, 2.24) is 14.7 Å². The monoisotopic (exact) mass is 386 g/mol. The van der Waals surface area contributed by atoms with Crippen LogP contribution in [0.15, 0.2) is 54.0 Å². The zero-order valence-electron chi connectivity index (χ0n) is 14.7. The highest BCUT2D eigenvalue weighted by molar-refractivity contribution is 7.13. The van der Waals surface area contributed by atoms with Crippen molar-refractivity contribution < 1.29 is 0 Å². The van der Waals surface area contributed by atoms with E-state index in [4.69, 9.17) is 11.6 Å². The Kier molecular flexibility index (Phi) is 5.58. The molecule has 1 saturated heterocycles. The highest BCUT2D eigenvalue weighted by Crippen LogP contribution is 2.23. The second-order valence-corrected chi connectivity index (χ2v) is 7.99. The Hall–Kier alpha value is -1.82. The van der Waals surface area contributed by atoms with E-state index < -0.39 is 0 Å². The summed E-state index contributed by atoms with van der Waals surface area (Å²) < 4.78 is 2.07. The number of anilines is 1. The first-order chi connectivity index (χ1) is 12.8. The molecule has 6 heteroatoms. The third-order valence-corrected chi connectivity index (χ3v) is 5.95. The predicted octanol–water partition coefficient (Wildman–Crippen LogP) is 4.48. The number of nitrogens with zero attached hydrogens (tertiary/aromatic N) is 4. The number of aromatic nitrogens is 2. The smallest absolute Gasteiger partial charge is 0.102 e. The molecule has 1 aliphatic heterocycles. The van der Waals surface area contributed by atoms with E-state index in [-0.39, 0.29) is 0 Å². The normalized spacial score (nSPS) is 15.5. The van der Waals surface area contributed by atoms with E-state index in [1.165, 1.54) is 10.6 Å². The third-order valence-electron chi connectivity index (χ3n) is 4.82. The van der Waals surface area contributed by atoms with E-state index in [0.29, 0.717) is 0 Å². The van der Waals surface area contributed by atoms with E-state index in [0.717, 1.165) is 56.4 Å². The number of piperazine rings is 1. The number of aryl methyl sites for hydroxylation is 1. The highest BCUT2D eigenvalue weighted by Gasteiger charge is 2.17. The summed E-state index contributed by atoms with van der Waals surface area (Å²) in [5, 5.41) is 7.59. The molecule has 0 atom stereocenters. The van der Waals surface area contributed by atoms with Gasteiger partial charge < -0.3 is 4.90 Å². The third kappa shape index (κ3) is 4.29. The summed E-state index contributed by atoms with van der Waals surface area (Å²) in [6.07, 6.45) is 3.22. The predicted molar refractivity (Wildman–Crippen MR) is 110 cm³/mol. The van der Waals surface area contributed by atoms with Crippen LogP contribution < -0.4 is 4.90 Å². The Morgan fingerprint density at radius 1 is 1.00 bits per heavy atom. The number of rotatable bonds is 6. The zero-order valence-corrected chi connectivity index (χ0v) is 16.3. The van der Waals surface area contributed by atoms with Crippen molar-refractivity contribution >= 4 is 28.6 Å². The van der Waals surface area contributed by atoms with Gasteiger partial charge in [0.15, 0.2) is 0 Å². The highest BCUT2D eigenvalue weighted by atomic mass is 35.5. The molecule has 0 N–H and O–H groups in total. The molecular weight excluding hydrogens is 364 g/mol. The van der Waals surface area contributed by atoms with Crippen LogP contribution in [0, 0.1) is 0 Å². The van der Waals surface area contributed by atoms with Gasteiger partial charge in [0.05, 0.1) is 4.88 Å². The molecule has 2 aromatic heterocycles. The maximum absolute atomic E-state index is 6.11. The maximum atomic E-state index is 6.11. The quantitative estimate of drug-likeness (QED) is 0.624. The lowest BCUT2D eigenvalue weighted by molar-refractivity contribution is 0.249. The van der Waals surface area contributed by atoms with E-state index in [1.54, 1.807) is 11.3 Å². The van der Waals surface area contributed by atoms with Gasteiger partial charge in [-0.05, 0) is 42.1 Å². The van der Waals surface area contributed by atoms with Crippen LogP contribution in [0.1, 0.15) is 6.42 Å². The molecule has 26 heavy (non-hydrogen) atoms. The van der Waals surface area contributed by atoms with Crippen LogP contribution in [0.2, 0.25) is 5.02 Å². The fourth-order valence-electron chi connectivity index (χ4n) is 3.40. The Balaban J connectivity index is 1.22. The topological polar surface area (TPSA) is 24.3 Å². The molecule has 0 saturated carbocycles. The van der Waals surface area contributed by atoms with Gasteiger partial charge >= 0.3 is 0 Å². The summed E-state index contributed by atoms with van der Waals surface area (Å²) in [6, 6.07) is 14.5. The molecule has 4 nitrogen and oxygen atoms in total. The Labute approximate surface area is 163 Å². The molecule has 136 valence electrons. The lowest BCUT2D eigenvalue weighted by atomic mass is 10.2. The second-order valence-electron chi connectivity index (χ2n) is 6.60.